The van der Waals surface area contributed by atoms with Gasteiger partial charge >= 0.3 is 0 Å². The van der Waals surface area contributed by atoms with Gasteiger partial charge in [0, 0.05) is 6.54 Å². The van der Waals surface area contributed by atoms with Gasteiger partial charge in [-0.2, -0.15) is 0 Å². The van der Waals surface area contributed by atoms with Gasteiger partial charge in [-0.05, 0) is 75.8 Å². The van der Waals surface area contributed by atoms with Crippen molar-refractivity contribution in [2.45, 2.75) is 51.5 Å². The maximum atomic E-state index is 3.49. The van der Waals surface area contributed by atoms with Crippen LogP contribution in [0.1, 0.15) is 54.7 Å². The molecule has 2 aliphatic rings. The summed E-state index contributed by atoms with van der Waals surface area (Å²) in [5, 5.41) is 3.49. The van der Waals surface area contributed by atoms with Crippen molar-refractivity contribution >= 4 is 24.8 Å². The van der Waals surface area contributed by atoms with Gasteiger partial charge in [-0.25, -0.2) is 0 Å². The molecule has 0 saturated carbocycles. The summed E-state index contributed by atoms with van der Waals surface area (Å²) in [6, 6.07) is 7.14. The normalized spacial score (nSPS) is 20.0. The number of rotatable bonds is 3. The molecule has 2 nitrogen and oxygen atoms in total. The number of aryl methyl sites for hydroxylation is 1. The fraction of sp³-hybridized carbons (Fsp3) is 0.667. The van der Waals surface area contributed by atoms with Gasteiger partial charge in [-0.1, -0.05) is 30.2 Å². The SMILES string of the molecule is Cc1ccc(CN2CCCCC2)c(C2CCNCC2)c1.Cl.Cl. The zero-order valence-corrected chi connectivity index (χ0v) is 15.3. The molecule has 1 N–H and O–H groups in total. The number of hydrogen-bond donors (Lipinski definition) is 1. The second-order valence-electron chi connectivity index (χ2n) is 6.56. The first-order chi connectivity index (χ1) is 9.83. The van der Waals surface area contributed by atoms with Gasteiger partial charge < -0.3 is 5.32 Å². The molecule has 2 saturated heterocycles. The van der Waals surface area contributed by atoms with Crippen LogP contribution in [0.15, 0.2) is 18.2 Å². The minimum Gasteiger partial charge on any atom is -0.317 e. The summed E-state index contributed by atoms with van der Waals surface area (Å²) in [7, 11) is 0. The Labute approximate surface area is 147 Å². The number of piperidine rings is 2. The van der Waals surface area contributed by atoms with Crippen molar-refractivity contribution in [2.75, 3.05) is 26.2 Å². The van der Waals surface area contributed by atoms with Crippen LogP contribution in [0.25, 0.3) is 0 Å². The number of likely N-dealkylation sites (tertiary alicyclic amines) is 1. The highest BCUT2D eigenvalue weighted by molar-refractivity contribution is 5.85. The molecule has 4 heteroatoms. The van der Waals surface area contributed by atoms with Crippen molar-refractivity contribution in [3.63, 3.8) is 0 Å². The third kappa shape index (κ3) is 5.13. The molecule has 2 heterocycles. The van der Waals surface area contributed by atoms with E-state index in [0.29, 0.717) is 0 Å². The molecule has 0 atom stereocenters. The highest BCUT2D eigenvalue weighted by Gasteiger charge is 2.20. The van der Waals surface area contributed by atoms with Crippen molar-refractivity contribution in [1.82, 2.24) is 10.2 Å². The van der Waals surface area contributed by atoms with E-state index in [-0.39, 0.29) is 24.8 Å². The highest BCUT2D eigenvalue weighted by Crippen LogP contribution is 2.30. The molecule has 2 aliphatic heterocycles. The lowest BCUT2D eigenvalue weighted by atomic mass is 9.86. The summed E-state index contributed by atoms with van der Waals surface area (Å²) in [6.07, 6.45) is 6.79. The Kier molecular flexibility index (Phi) is 8.78. The average molecular weight is 345 g/mol. The van der Waals surface area contributed by atoms with E-state index >= 15 is 0 Å². The summed E-state index contributed by atoms with van der Waals surface area (Å²) in [6.45, 7) is 8.34. The summed E-state index contributed by atoms with van der Waals surface area (Å²) < 4.78 is 0. The van der Waals surface area contributed by atoms with Crippen LogP contribution >= 0.6 is 24.8 Å². The summed E-state index contributed by atoms with van der Waals surface area (Å²) in [4.78, 5) is 2.65. The maximum absolute atomic E-state index is 3.49. The van der Waals surface area contributed by atoms with E-state index in [1.54, 1.807) is 11.1 Å². The van der Waals surface area contributed by atoms with Crippen molar-refractivity contribution in [3.05, 3.63) is 34.9 Å². The first-order valence-corrected chi connectivity index (χ1v) is 8.35. The Morgan fingerprint density at radius 3 is 2.41 bits per heavy atom. The Bertz CT molecular complexity index is 439. The fourth-order valence-electron chi connectivity index (χ4n) is 3.73. The molecule has 1 aromatic rings. The van der Waals surface area contributed by atoms with Gasteiger partial charge in [0.2, 0.25) is 0 Å². The number of benzene rings is 1. The average Bonchev–Trinajstić information content (AvgIpc) is 2.51. The largest absolute Gasteiger partial charge is 0.317 e. The van der Waals surface area contributed by atoms with Crippen LogP contribution in [-0.2, 0) is 6.54 Å². The molecule has 0 unspecified atom stereocenters. The lowest BCUT2D eigenvalue weighted by Crippen LogP contribution is -2.31. The Balaban J connectivity index is 0.00000121. The van der Waals surface area contributed by atoms with Gasteiger partial charge in [-0.3, -0.25) is 4.90 Å². The first-order valence-electron chi connectivity index (χ1n) is 8.35. The van der Waals surface area contributed by atoms with E-state index < -0.39 is 0 Å². The molecule has 126 valence electrons. The van der Waals surface area contributed by atoms with E-state index in [1.165, 1.54) is 70.4 Å². The third-order valence-electron chi connectivity index (χ3n) is 4.92. The summed E-state index contributed by atoms with van der Waals surface area (Å²) in [5.74, 6) is 0.774. The van der Waals surface area contributed by atoms with E-state index in [1.807, 2.05) is 0 Å². The molecule has 22 heavy (non-hydrogen) atoms. The summed E-state index contributed by atoms with van der Waals surface area (Å²) >= 11 is 0. The third-order valence-corrected chi connectivity index (χ3v) is 4.92. The number of nitrogens with one attached hydrogen (secondary N) is 1. The minimum absolute atomic E-state index is 0. The van der Waals surface area contributed by atoms with Crippen molar-refractivity contribution in [1.29, 1.82) is 0 Å². The molecule has 0 bridgehead atoms. The van der Waals surface area contributed by atoms with Crippen LogP contribution in [-0.4, -0.2) is 31.1 Å². The van der Waals surface area contributed by atoms with Crippen LogP contribution in [0.3, 0.4) is 0 Å². The van der Waals surface area contributed by atoms with Gasteiger partial charge in [0.15, 0.2) is 0 Å². The molecule has 0 radical (unpaired) electrons. The minimum atomic E-state index is 0. The molecule has 0 aliphatic carbocycles. The topological polar surface area (TPSA) is 15.3 Å². The van der Waals surface area contributed by atoms with Gasteiger partial charge in [0.25, 0.3) is 0 Å². The monoisotopic (exact) mass is 344 g/mol. The van der Waals surface area contributed by atoms with Crippen molar-refractivity contribution < 1.29 is 0 Å². The van der Waals surface area contributed by atoms with Crippen LogP contribution in [0, 0.1) is 6.92 Å². The lowest BCUT2D eigenvalue weighted by molar-refractivity contribution is 0.220. The molecule has 1 aromatic carbocycles. The Morgan fingerprint density at radius 2 is 1.73 bits per heavy atom. The number of halogens is 2. The molecule has 0 aromatic heterocycles. The Morgan fingerprint density at radius 1 is 1.05 bits per heavy atom. The van der Waals surface area contributed by atoms with Gasteiger partial charge in [-0.15, -0.1) is 24.8 Å². The van der Waals surface area contributed by atoms with Crippen LogP contribution < -0.4 is 5.32 Å². The second kappa shape index (κ2) is 9.77. The van der Waals surface area contributed by atoms with Crippen molar-refractivity contribution in [2.24, 2.45) is 0 Å². The van der Waals surface area contributed by atoms with Crippen LogP contribution in [0.2, 0.25) is 0 Å². The zero-order valence-electron chi connectivity index (χ0n) is 13.6. The molecule has 0 amide bonds. The molecular weight excluding hydrogens is 315 g/mol. The lowest BCUT2D eigenvalue weighted by Gasteiger charge is -2.30. The predicted octanol–water partition coefficient (Wildman–Crippen LogP) is 4.29. The molecular formula is C18H30Cl2N2. The van der Waals surface area contributed by atoms with Crippen molar-refractivity contribution in [3.8, 4) is 0 Å². The van der Waals surface area contributed by atoms with E-state index in [0.717, 1.165) is 5.92 Å². The quantitative estimate of drug-likeness (QED) is 0.879. The fourth-order valence-corrected chi connectivity index (χ4v) is 3.73. The Hall–Kier alpha value is -0.280. The summed E-state index contributed by atoms with van der Waals surface area (Å²) in [5.41, 5.74) is 4.64. The number of hydrogen-bond acceptors (Lipinski definition) is 2. The van der Waals surface area contributed by atoms with Gasteiger partial charge in [0.05, 0.1) is 0 Å². The van der Waals surface area contributed by atoms with E-state index in [4.69, 9.17) is 0 Å². The van der Waals surface area contributed by atoms with Crippen LogP contribution in [0.5, 0.6) is 0 Å². The molecule has 0 spiro atoms. The standard InChI is InChI=1S/C18H28N2.2ClH/c1-15-5-6-17(14-20-11-3-2-4-12-20)18(13-15)16-7-9-19-10-8-16;;/h5-6,13,16,19H,2-4,7-12,14H2,1H3;2*1H. The highest BCUT2D eigenvalue weighted by atomic mass is 35.5. The first kappa shape index (κ1) is 19.8. The van der Waals surface area contributed by atoms with E-state index in [2.05, 4.69) is 35.3 Å². The van der Waals surface area contributed by atoms with Gasteiger partial charge in [0.1, 0.15) is 0 Å². The van der Waals surface area contributed by atoms with E-state index in [9.17, 15) is 0 Å². The molecule has 3 rings (SSSR count). The predicted molar refractivity (Wildman–Crippen MR) is 99.6 cm³/mol. The van der Waals surface area contributed by atoms with Crippen LogP contribution in [0.4, 0.5) is 0 Å². The molecule has 2 fully saturated rings. The number of nitrogens with zero attached hydrogens (tertiary/aromatic N) is 1. The maximum Gasteiger partial charge on any atom is 0.0236 e. The zero-order chi connectivity index (χ0) is 13.8. The smallest absolute Gasteiger partial charge is 0.0236 e. The second-order valence-corrected chi connectivity index (χ2v) is 6.56.